The Morgan fingerprint density at radius 2 is 0.984 bits per heavy atom. The molecule has 0 unspecified atom stereocenters. The second kappa shape index (κ2) is 19.4. The van der Waals surface area contributed by atoms with Crippen LogP contribution in [0.5, 0.6) is 0 Å². The first kappa shape index (κ1) is 48.1. The number of amides is 1. The molecule has 0 spiro atoms. The summed E-state index contributed by atoms with van der Waals surface area (Å²) in [5.74, 6) is -1.13. The van der Waals surface area contributed by atoms with Gasteiger partial charge < -0.3 is 11.1 Å². The van der Waals surface area contributed by atoms with Gasteiger partial charge in [-0.3, -0.25) is 9.59 Å². The van der Waals surface area contributed by atoms with E-state index in [4.69, 9.17) is 40.5 Å². The molecule has 1 amide bonds. The number of rotatable bonds is 7. The molecule has 6 aromatic rings. The molecule has 6 rings (SSSR count). The van der Waals surface area contributed by atoms with Crippen LogP contribution >= 0.6 is 34.8 Å². The average molecular weight is 932 g/mol. The normalized spacial score (nSPS) is 11.9. The van der Waals surface area contributed by atoms with Crippen LogP contribution in [0, 0.1) is 0 Å². The maximum atomic E-state index is 13.6. The number of nitrogens with one attached hydrogen (secondary N) is 1. The van der Waals surface area contributed by atoms with Gasteiger partial charge in [-0.2, -0.15) is 62.9 Å². The molecule has 23 heteroatoms. The molecule has 0 aliphatic heterocycles. The first-order chi connectivity index (χ1) is 28.3. The van der Waals surface area contributed by atoms with Crippen molar-refractivity contribution in [1.82, 2.24) is 24.9 Å². The van der Waals surface area contributed by atoms with Crippen molar-refractivity contribution in [2.24, 2.45) is 5.73 Å². The van der Waals surface area contributed by atoms with Crippen LogP contribution in [-0.4, -0.2) is 30.7 Å². The Hall–Kier alpha value is -5.57. The van der Waals surface area contributed by atoms with E-state index in [9.17, 15) is 62.3 Å². The summed E-state index contributed by atoms with van der Waals surface area (Å²) < 4.78 is 155. The van der Waals surface area contributed by atoms with Crippen LogP contribution in [0.3, 0.4) is 0 Å². The Kier molecular flexibility index (Phi) is 15.3. The van der Waals surface area contributed by atoms with Crippen LogP contribution in [0.25, 0.3) is 11.4 Å². The second-order valence-electron chi connectivity index (χ2n) is 12.1. The van der Waals surface area contributed by atoms with Gasteiger partial charge in [-0.05, 0) is 77.3 Å². The summed E-state index contributed by atoms with van der Waals surface area (Å²) in [5.41, 5.74) is 0.240. The molecule has 4 aromatic carbocycles. The third-order valence-corrected chi connectivity index (χ3v) is 8.51. The lowest BCUT2D eigenvalue weighted by molar-refractivity contribution is -0.143. The van der Waals surface area contributed by atoms with Gasteiger partial charge in [-0.25, -0.2) is 9.36 Å². The van der Waals surface area contributed by atoms with E-state index in [0.717, 1.165) is 42.7 Å². The van der Waals surface area contributed by atoms with E-state index < -0.39 is 76.0 Å². The molecule has 0 saturated heterocycles. The van der Waals surface area contributed by atoms with Crippen LogP contribution in [-0.2, 0) is 37.8 Å². The summed E-state index contributed by atoms with van der Waals surface area (Å²) in [6.45, 7) is -0.272. The molecule has 324 valence electrons. The largest absolute Gasteiger partial charge is 0.434 e. The second-order valence-corrected chi connectivity index (χ2v) is 13.4. The molecular weight excluding hydrogens is 907 g/mol. The monoisotopic (exact) mass is 930 g/mol. The molecule has 0 radical (unpaired) electrons. The van der Waals surface area contributed by atoms with Crippen molar-refractivity contribution in [2.45, 2.75) is 37.8 Å². The lowest BCUT2D eigenvalue weighted by Gasteiger charge is -2.13. The molecule has 0 aliphatic rings. The Labute approximate surface area is 351 Å². The Morgan fingerprint density at radius 3 is 1.39 bits per heavy atom. The zero-order chi connectivity index (χ0) is 45.5. The molecule has 2 heterocycles. The number of halogens is 15. The third-order valence-electron chi connectivity index (χ3n) is 7.83. The van der Waals surface area contributed by atoms with Gasteiger partial charge >= 0.3 is 24.7 Å². The highest BCUT2D eigenvalue weighted by Crippen LogP contribution is 2.36. The van der Waals surface area contributed by atoms with Gasteiger partial charge in [0.25, 0.3) is 11.1 Å². The van der Waals surface area contributed by atoms with Crippen LogP contribution in [0.1, 0.15) is 54.4 Å². The quantitative estimate of drug-likeness (QED) is 0.122. The highest BCUT2D eigenvalue weighted by Gasteiger charge is 2.41. The van der Waals surface area contributed by atoms with Gasteiger partial charge in [0.2, 0.25) is 0 Å². The van der Waals surface area contributed by atoms with E-state index in [2.05, 4.69) is 15.5 Å². The van der Waals surface area contributed by atoms with Crippen molar-refractivity contribution >= 4 is 46.0 Å². The van der Waals surface area contributed by atoms with Crippen molar-refractivity contribution in [3.05, 3.63) is 164 Å². The fourth-order valence-electron chi connectivity index (χ4n) is 5.17. The predicted octanol–water partition coefficient (Wildman–Crippen LogP) is 11.6. The van der Waals surface area contributed by atoms with Crippen molar-refractivity contribution in [1.29, 1.82) is 0 Å². The minimum absolute atomic E-state index is 0.00764. The Balaban J connectivity index is 0.000000224. The number of nitrogens with zero attached hydrogens (tertiary/aromatic N) is 4. The summed E-state index contributed by atoms with van der Waals surface area (Å²) in [7, 11) is 0. The van der Waals surface area contributed by atoms with Crippen molar-refractivity contribution in [3.63, 3.8) is 0 Å². The number of hydrogen-bond acceptors (Lipinski definition) is 5. The van der Waals surface area contributed by atoms with E-state index in [0.29, 0.717) is 14.9 Å². The maximum absolute atomic E-state index is 13.6. The number of nitrogens with two attached hydrogens (primary N) is 1. The predicted molar refractivity (Wildman–Crippen MR) is 199 cm³/mol. The van der Waals surface area contributed by atoms with E-state index in [1.807, 2.05) is 0 Å². The lowest BCUT2D eigenvalue weighted by Crippen LogP contribution is -2.26. The number of alkyl halides is 12. The first-order valence-corrected chi connectivity index (χ1v) is 17.8. The highest BCUT2D eigenvalue weighted by molar-refractivity contribution is 6.67. The third kappa shape index (κ3) is 13.0. The molecule has 0 saturated carbocycles. The van der Waals surface area contributed by atoms with E-state index in [1.54, 1.807) is 6.07 Å². The van der Waals surface area contributed by atoms with E-state index >= 15 is 0 Å². The van der Waals surface area contributed by atoms with Crippen molar-refractivity contribution in [3.8, 4) is 11.4 Å². The van der Waals surface area contributed by atoms with Crippen LogP contribution in [0.15, 0.2) is 109 Å². The van der Waals surface area contributed by atoms with Gasteiger partial charge in [0.05, 0.1) is 46.0 Å². The van der Waals surface area contributed by atoms with Crippen molar-refractivity contribution in [2.75, 3.05) is 0 Å². The minimum Gasteiger partial charge on any atom is -0.348 e. The van der Waals surface area contributed by atoms with Gasteiger partial charge in [-0.1, -0.05) is 65.7 Å². The van der Waals surface area contributed by atoms with E-state index in [1.165, 1.54) is 60.7 Å². The molecular formula is C38H25Cl3F12N6O2. The zero-order valence-electron chi connectivity index (χ0n) is 30.2. The summed E-state index contributed by atoms with van der Waals surface area (Å²) in [6.07, 6.45) is -17.0. The smallest absolute Gasteiger partial charge is 0.348 e. The molecule has 0 fully saturated rings. The summed E-state index contributed by atoms with van der Waals surface area (Å²) >= 11 is 16.7. The number of hydrogen-bond donors (Lipinski definition) is 2. The molecule has 8 nitrogen and oxygen atoms in total. The fraction of sp³-hybridized carbons (Fsp3) is 0.158. The van der Waals surface area contributed by atoms with Gasteiger partial charge in [0.15, 0.2) is 11.4 Å². The SMILES string of the molecule is NCc1cccc(C(F)(F)F)c1.O=C(Cl)c1cnn(-c2cccc(Cl)c2)c1C(F)(F)F.O=C(NCc1cccc(C(F)(F)F)c1)c1cnn(-c2cccc(Cl)c2)c1C(F)(F)F. The van der Waals surface area contributed by atoms with Gasteiger partial charge in [-0.15, -0.1) is 0 Å². The Bertz CT molecular complexity index is 2480. The molecule has 0 aliphatic carbocycles. The molecule has 2 aromatic heterocycles. The average Bonchev–Trinajstić information content (AvgIpc) is 3.84. The topological polar surface area (TPSA) is 108 Å². The van der Waals surface area contributed by atoms with Gasteiger partial charge in [0.1, 0.15) is 0 Å². The Morgan fingerprint density at radius 1 is 0.574 bits per heavy atom. The molecule has 0 atom stereocenters. The number of benzene rings is 4. The van der Waals surface area contributed by atoms with Gasteiger partial charge in [0, 0.05) is 23.1 Å². The van der Waals surface area contributed by atoms with Crippen LogP contribution in [0.4, 0.5) is 52.7 Å². The summed E-state index contributed by atoms with van der Waals surface area (Å²) in [5, 5.41) is 8.59. The standard InChI is InChI=1S/C19H12ClF6N3O.C11H5Cl2F3N2O.C8H8F3N/c20-13-5-2-6-14(8-13)29-16(19(24,25)26)15(10-28-29)17(30)27-9-11-3-1-4-12(7-11)18(21,22)23;12-6-2-1-3-7(4-6)18-9(11(14,15)16)8(5-17-18)10(13)19;9-8(10,11)7-3-1-2-6(4-7)5-12/h1-8,10H,9H2,(H,27,30);1-5H;1-4H,5,12H2. The molecule has 0 bridgehead atoms. The maximum Gasteiger partial charge on any atom is 0.434 e. The fourth-order valence-corrected chi connectivity index (χ4v) is 5.68. The van der Waals surface area contributed by atoms with Crippen LogP contribution in [0.2, 0.25) is 10.0 Å². The number of carbonyl (C=O) groups is 2. The summed E-state index contributed by atoms with van der Waals surface area (Å²) in [6, 6.07) is 20.2. The highest BCUT2D eigenvalue weighted by atomic mass is 35.5. The number of aromatic nitrogens is 4. The van der Waals surface area contributed by atoms with E-state index in [-0.39, 0.29) is 33.5 Å². The first-order valence-electron chi connectivity index (χ1n) is 16.6. The zero-order valence-corrected chi connectivity index (χ0v) is 32.4. The van der Waals surface area contributed by atoms with Crippen molar-refractivity contribution < 1.29 is 62.3 Å². The number of carbonyl (C=O) groups excluding carboxylic acids is 2. The van der Waals surface area contributed by atoms with Crippen LogP contribution < -0.4 is 11.1 Å². The lowest BCUT2D eigenvalue weighted by atomic mass is 10.1. The summed E-state index contributed by atoms with van der Waals surface area (Å²) in [4.78, 5) is 23.4. The molecule has 3 N–H and O–H groups in total. The molecule has 61 heavy (non-hydrogen) atoms. The minimum atomic E-state index is -4.93.